The average Bonchev–Trinajstić information content (AvgIpc) is 3.62. The maximum absolute atomic E-state index is 13.7. The van der Waals surface area contributed by atoms with E-state index in [-0.39, 0.29) is 18.0 Å². The van der Waals surface area contributed by atoms with E-state index in [1.807, 2.05) is 47.2 Å². The van der Waals surface area contributed by atoms with E-state index in [0.717, 1.165) is 44.5 Å². The number of benzene rings is 3. The van der Waals surface area contributed by atoms with Gasteiger partial charge in [-0.3, -0.25) is 9.20 Å². The fourth-order valence-corrected chi connectivity index (χ4v) is 5.57. The molecule has 0 radical (unpaired) electrons. The van der Waals surface area contributed by atoms with Crippen molar-refractivity contribution in [2.24, 2.45) is 0 Å². The van der Waals surface area contributed by atoms with Crippen LogP contribution in [0.5, 0.6) is 0 Å². The largest absolute Gasteiger partial charge is 0.478 e. The van der Waals surface area contributed by atoms with Gasteiger partial charge in [-0.1, -0.05) is 48.5 Å². The first-order valence-electron chi connectivity index (χ1n) is 12.6. The van der Waals surface area contributed by atoms with Crippen LogP contribution in [0.4, 0.5) is 0 Å². The Balaban J connectivity index is 1.36. The van der Waals surface area contributed by atoms with Gasteiger partial charge in [-0.25, -0.2) is 9.78 Å². The van der Waals surface area contributed by atoms with Crippen molar-refractivity contribution in [1.82, 2.24) is 14.7 Å². The molecule has 3 heterocycles. The third-order valence-corrected chi connectivity index (χ3v) is 7.67. The predicted molar refractivity (Wildman–Crippen MR) is 155 cm³/mol. The number of aromatic carboxylic acids is 1. The smallest absolute Gasteiger partial charge is 0.335 e. The Morgan fingerprint density at radius 2 is 1.79 bits per heavy atom. The number of nitrogens with zero attached hydrogens (tertiary/aromatic N) is 2. The third-order valence-electron chi connectivity index (χ3n) is 6.99. The van der Waals surface area contributed by atoms with Crippen LogP contribution in [-0.4, -0.2) is 26.4 Å². The molecule has 1 amide bonds. The molecule has 0 spiro atoms. The number of imidazole rings is 1. The highest BCUT2D eigenvalue weighted by Gasteiger charge is 2.18. The maximum atomic E-state index is 13.7. The lowest BCUT2D eigenvalue weighted by Gasteiger charge is -2.13. The molecule has 6 nitrogen and oxygen atoms in total. The van der Waals surface area contributed by atoms with E-state index < -0.39 is 5.97 Å². The number of carbonyl (C=O) groups is 2. The van der Waals surface area contributed by atoms with Gasteiger partial charge in [0.25, 0.3) is 5.91 Å². The Morgan fingerprint density at radius 1 is 0.949 bits per heavy atom. The molecule has 6 aromatic rings. The fraction of sp³-hybridized carbons (Fsp3) is 0.0938. The van der Waals surface area contributed by atoms with Crippen molar-refractivity contribution < 1.29 is 14.7 Å². The lowest BCUT2D eigenvalue weighted by atomic mass is 10.0. The van der Waals surface area contributed by atoms with Crippen molar-refractivity contribution in [2.75, 3.05) is 0 Å². The van der Waals surface area contributed by atoms with E-state index in [4.69, 9.17) is 4.98 Å². The zero-order valence-corrected chi connectivity index (χ0v) is 22.0. The van der Waals surface area contributed by atoms with Crippen LogP contribution in [0, 0.1) is 6.92 Å². The number of carboxylic acids is 1. The van der Waals surface area contributed by atoms with Gasteiger partial charge in [0, 0.05) is 13.0 Å². The molecule has 0 fully saturated rings. The number of hydrogen-bond acceptors (Lipinski definition) is 4. The summed E-state index contributed by atoms with van der Waals surface area (Å²) in [5.74, 6) is -0.416. The zero-order chi connectivity index (χ0) is 26.9. The second kappa shape index (κ2) is 10.2. The van der Waals surface area contributed by atoms with Crippen LogP contribution in [0.1, 0.15) is 43.4 Å². The molecular weight excluding hydrogens is 506 g/mol. The number of hydrogen-bond donors (Lipinski definition) is 2. The van der Waals surface area contributed by atoms with Crippen molar-refractivity contribution in [3.05, 3.63) is 130 Å². The second-order valence-corrected chi connectivity index (χ2v) is 10.3. The van der Waals surface area contributed by atoms with Gasteiger partial charge >= 0.3 is 5.97 Å². The van der Waals surface area contributed by atoms with Crippen molar-refractivity contribution in [3.63, 3.8) is 0 Å². The monoisotopic (exact) mass is 531 g/mol. The molecule has 3 aromatic carbocycles. The fourth-order valence-electron chi connectivity index (χ4n) is 4.91. The second-order valence-electron chi connectivity index (χ2n) is 9.56. The molecule has 3 aromatic heterocycles. The van der Waals surface area contributed by atoms with E-state index in [2.05, 4.69) is 47.1 Å². The van der Waals surface area contributed by atoms with Crippen LogP contribution >= 0.6 is 11.3 Å². The molecule has 0 aliphatic rings. The Kier molecular flexibility index (Phi) is 6.42. The van der Waals surface area contributed by atoms with Crippen molar-refractivity contribution >= 4 is 39.5 Å². The Morgan fingerprint density at radius 3 is 2.56 bits per heavy atom. The summed E-state index contributed by atoms with van der Waals surface area (Å²) in [4.78, 5) is 29.7. The van der Waals surface area contributed by atoms with Gasteiger partial charge in [-0.15, -0.1) is 0 Å². The van der Waals surface area contributed by atoms with Crippen LogP contribution in [0.15, 0.2) is 95.8 Å². The highest BCUT2D eigenvalue weighted by molar-refractivity contribution is 7.08. The molecule has 0 unspecified atom stereocenters. The van der Waals surface area contributed by atoms with Crippen molar-refractivity contribution in [1.29, 1.82) is 0 Å². The molecule has 0 atom stereocenters. The summed E-state index contributed by atoms with van der Waals surface area (Å²) in [5, 5.41) is 18.7. The van der Waals surface area contributed by atoms with E-state index in [1.54, 1.807) is 29.5 Å². The number of carboxylic acid groups (broad SMARTS) is 1. The maximum Gasteiger partial charge on any atom is 0.335 e. The number of aryl methyl sites for hydroxylation is 1. The van der Waals surface area contributed by atoms with Crippen molar-refractivity contribution in [2.45, 2.75) is 19.9 Å². The molecule has 6 rings (SSSR count). The van der Waals surface area contributed by atoms with E-state index in [0.29, 0.717) is 12.1 Å². The molecule has 0 bridgehead atoms. The summed E-state index contributed by atoms with van der Waals surface area (Å²) in [7, 11) is 0. The molecule has 0 aliphatic carbocycles. The van der Waals surface area contributed by atoms with Crippen molar-refractivity contribution in [3.8, 4) is 11.1 Å². The number of thiophene rings is 1. The van der Waals surface area contributed by atoms with Crippen LogP contribution in [0.2, 0.25) is 0 Å². The average molecular weight is 532 g/mol. The number of aromatic nitrogens is 2. The van der Waals surface area contributed by atoms with Gasteiger partial charge in [0.05, 0.1) is 17.3 Å². The van der Waals surface area contributed by atoms with E-state index >= 15 is 0 Å². The first-order valence-corrected chi connectivity index (χ1v) is 13.5. The topological polar surface area (TPSA) is 83.7 Å². The lowest BCUT2D eigenvalue weighted by Crippen LogP contribution is -2.26. The summed E-state index contributed by atoms with van der Waals surface area (Å²) in [5.41, 5.74) is 6.37. The molecule has 0 saturated carbocycles. The standard InChI is InChI=1S/C32H25N3O3S/c1-20-12-24(32(37)38)8-9-25(20)17-34-31(36)29-16-27(26-10-11-39-19-26)15-28-18-33-30(35(28)29)14-21-6-7-22-4-2-3-5-23(22)13-21/h2-13,15-16,18-19H,14,17H2,1H3,(H,34,36)(H,37,38). The SMILES string of the molecule is Cc1cc(C(=O)O)ccc1CNC(=O)c1cc(-c2ccsc2)cc2cnc(Cc3ccc4ccccc4c3)n12. The summed E-state index contributed by atoms with van der Waals surface area (Å²) < 4.78 is 1.93. The number of pyridine rings is 1. The van der Waals surface area contributed by atoms with Gasteiger partial charge in [0.15, 0.2) is 0 Å². The first-order chi connectivity index (χ1) is 19.0. The minimum absolute atomic E-state index is 0.225. The Labute approximate surface area is 229 Å². The van der Waals surface area contributed by atoms with Crippen LogP contribution in [-0.2, 0) is 13.0 Å². The Bertz CT molecular complexity index is 1850. The summed E-state index contributed by atoms with van der Waals surface area (Å²) in [6.45, 7) is 2.13. The highest BCUT2D eigenvalue weighted by Crippen LogP contribution is 2.27. The highest BCUT2D eigenvalue weighted by atomic mass is 32.1. The minimum atomic E-state index is -0.972. The van der Waals surface area contributed by atoms with Gasteiger partial charge in [-0.2, -0.15) is 11.3 Å². The normalized spacial score (nSPS) is 11.2. The summed E-state index contributed by atoms with van der Waals surface area (Å²) in [6, 6.07) is 25.6. The molecule has 39 heavy (non-hydrogen) atoms. The van der Waals surface area contributed by atoms with E-state index in [9.17, 15) is 14.7 Å². The Hall–Kier alpha value is -4.75. The van der Waals surface area contributed by atoms with Gasteiger partial charge in [0.1, 0.15) is 11.5 Å². The first kappa shape index (κ1) is 24.6. The van der Waals surface area contributed by atoms with Gasteiger partial charge < -0.3 is 10.4 Å². The minimum Gasteiger partial charge on any atom is -0.478 e. The lowest BCUT2D eigenvalue weighted by molar-refractivity contribution is 0.0696. The van der Waals surface area contributed by atoms with Gasteiger partial charge in [0.2, 0.25) is 0 Å². The van der Waals surface area contributed by atoms with Crippen LogP contribution < -0.4 is 5.32 Å². The van der Waals surface area contributed by atoms with Gasteiger partial charge in [-0.05, 0) is 86.6 Å². The molecular formula is C32H25N3O3S. The zero-order valence-electron chi connectivity index (χ0n) is 21.2. The summed E-state index contributed by atoms with van der Waals surface area (Å²) >= 11 is 1.61. The predicted octanol–water partition coefficient (Wildman–Crippen LogP) is 6.74. The number of fused-ring (bicyclic) bond motifs is 2. The molecule has 2 N–H and O–H groups in total. The number of nitrogens with one attached hydrogen (secondary N) is 1. The number of amides is 1. The number of carbonyl (C=O) groups excluding carboxylic acids is 1. The van der Waals surface area contributed by atoms with Crippen LogP contribution in [0.25, 0.3) is 27.4 Å². The van der Waals surface area contributed by atoms with Crippen LogP contribution in [0.3, 0.4) is 0 Å². The molecule has 0 saturated heterocycles. The summed E-state index contributed by atoms with van der Waals surface area (Å²) in [6.07, 6.45) is 2.39. The quantitative estimate of drug-likeness (QED) is 0.239. The molecule has 192 valence electrons. The molecule has 7 heteroatoms. The molecule has 0 aliphatic heterocycles. The number of rotatable bonds is 7. The third kappa shape index (κ3) is 4.92. The van der Waals surface area contributed by atoms with E-state index in [1.165, 1.54) is 5.39 Å².